The van der Waals surface area contributed by atoms with E-state index in [1.165, 1.54) is 42.2 Å². The number of carboxylic acids is 1. The van der Waals surface area contributed by atoms with Crippen LogP contribution in [0.3, 0.4) is 0 Å². The van der Waals surface area contributed by atoms with Crippen molar-refractivity contribution in [1.82, 2.24) is 0 Å². The Morgan fingerprint density at radius 1 is 1.23 bits per heavy atom. The molecule has 2 aliphatic rings. The summed E-state index contributed by atoms with van der Waals surface area (Å²) in [6.45, 7) is 0. The molecule has 1 saturated carbocycles. The smallest absolute Gasteiger partial charge is 0.303 e. The molecule has 0 radical (unpaired) electrons. The van der Waals surface area contributed by atoms with Gasteiger partial charge in [0, 0.05) is 23.7 Å². The van der Waals surface area contributed by atoms with Crippen molar-refractivity contribution in [3.05, 3.63) is 46.6 Å². The van der Waals surface area contributed by atoms with Gasteiger partial charge in [-0.05, 0) is 66.5 Å². The first-order valence-electron chi connectivity index (χ1n) is 9.42. The average molecular weight is 376 g/mol. The molecule has 3 rings (SSSR count). The lowest BCUT2D eigenvalue weighted by Crippen LogP contribution is -2.15. The van der Waals surface area contributed by atoms with E-state index in [0.29, 0.717) is 12.5 Å². The molecular formula is C21H26FNO2S. The third-order valence-electron chi connectivity index (χ3n) is 4.98. The van der Waals surface area contributed by atoms with Crippen molar-refractivity contribution < 1.29 is 14.3 Å². The Hall–Kier alpha value is -1.75. The minimum absolute atomic E-state index is 0.198. The minimum Gasteiger partial charge on any atom is -0.481 e. The normalized spacial score (nSPS) is 17.7. The highest BCUT2D eigenvalue weighted by molar-refractivity contribution is 8.03. The number of carbonyl (C=O) groups is 1. The van der Waals surface area contributed by atoms with Gasteiger partial charge in [-0.3, -0.25) is 4.79 Å². The summed E-state index contributed by atoms with van der Waals surface area (Å²) in [5.74, 6) is -0.107. The van der Waals surface area contributed by atoms with E-state index in [9.17, 15) is 9.18 Å². The van der Waals surface area contributed by atoms with E-state index in [0.717, 1.165) is 29.8 Å². The molecule has 0 saturated heterocycles. The van der Waals surface area contributed by atoms with E-state index in [1.807, 2.05) is 6.07 Å². The highest BCUT2D eigenvalue weighted by Gasteiger charge is 2.18. The third kappa shape index (κ3) is 5.37. The molecular weight excluding hydrogens is 349 g/mol. The van der Waals surface area contributed by atoms with E-state index in [2.05, 4.69) is 17.5 Å². The van der Waals surface area contributed by atoms with Crippen LogP contribution < -0.4 is 5.32 Å². The number of hydrogen-bond donors (Lipinski definition) is 2. The number of anilines is 1. The van der Waals surface area contributed by atoms with Gasteiger partial charge in [0.2, 0.25) is 0 Å². The number of nitrogens with one attached hydrogen (secondary N) is 1. The molecule has 0 heterocycles. The van der Waals surface area contributed by atoms with Crippen LogP contribution in [-0.2, 0) is 4.79 Å². The van der Waals surface area contributed by atoms with E-state index >= 15 is 0 Å². The topological polar surface area (TPSA) is 49.3 Å². The molecule has 0 amide bonds. The fourth-order valence-electron chi connectivity index (χ4n) is 3.59. The number of thioether (sulfide) groups is 1. The van der Waals surface area contributed by atoms with Crippen LogP contribution in [0.2, 0.25) is 0 Å². The minimum atomic E-state index is -0.737. The summed E-state index contributed by atoms with van der Waals surface area (Å²) in [5, 5.41) is 12.3. The first-order valence-corrected chi connectivity index (χ1v) is 10.4. The molecule has 3 nitrogen and oxygen atoms in total. The Labute approximate surface area is 158 Å². The van der Waals surface area contributed by atoms with Crippen molar-refractivity contribution >= 4 is 29.0 Å². The maximum atomic E-state index is 13.8. The maximum Gasteiger partial charge on any atom is 0.303 e. The number of benzene rings is 1. The average Bonchev–Trinajstić information content (AvgIpc) is 3.14. The van der Waals surface area contributed by atoms with Crippen LogP contribution >= 0.6 is 11.8 Å². The van der Waals surface area contributed by atoms with E-state index in [-0.39, 0.29) is 12.2 Å². The molecule has 0 aliphatic heterocycles. The predicted octanol–water partition coefficient (Wildman–Crippen LogP) is 5.84. The first-order chi connectivity index (χ1) is 12.6. The Morgan fingerprint density at radius 2 is 2.04 bits per heavy atom. The summed E-state index contributed by atoms with van der Waals surface area (Å²) >= 11 is 1.73. The molecule has 1 aromatic rings. The fourth-order valence-corrected chi connectivity index (χ4v) is 4.55. The molecule has 140 valence electrons. The first kappa shape index (κ1) is 19.0. The summed E-state index contributed by atoms with van der Waals surface area (Å²) in [6.07, 6.45) is 11.8. The summed E-state index contributed by atoms with van der Waals surface area (Å²) in [4.78, 5) is 11.8. The molecule has 5 heteroatoms. The van der Waals surface area contributed by atoms with Gasteiger partial charge in [0.05, 0.1) is 0 Å². The highest BCUT2D eigenvalue weighted by atomic mass is 32.2. The lowest BCUT2D eigenvalue weighted by atomic mass is 9.95. The Kier molecular flexibility index (Phi) is 6.78. The molecule has 26 heavy (non-hydrogen) atoms. The number of carboxylic acid groups (broad SMARTS) is 1. The van der Waals surface area contributed by atoms with Crippen LogP contribution in [0.5, 0.6) is 0 Å². The summed E-state index contributed by atoms with van der Waals surface area (Å²) < 4.78 is 13.8. The number of halogens is 1. The second-order valence-corrected chi connectivity index (χ2v) is 8.21. The number of hydrogen-bond acceptors (Lipinski definition) is 3. The predicted molar refractivity (Wildman–Crippen MR) is 107 cm³/mol. The van der Waals surface area contributed by atoms with Gasteiger partial charge >= 0.3 is 5.97 Å². The molecule has 1 aromatic carbocycles. The second kappa shape index (κ2) is 9.26. The zero-order valence-electron chi connectivity index (χ0n) is 15.0. The Balaban J connectivity index is 1.66. The van der Waals surface area contributed by atoms with Crippen molar-refractivity contribution in [3.8, 4) is 0 Å². The second-order valence-electron chi connectivity index (χ2n) is 6.99. The SMILES string of the molecule is O=C(O)CCCSC1=CC=C(c2cc(F)ccc2NC2CCCC2)CC1. The molecule has 0 bridgehead atoms. The van der Waals surface area contributed by atoms with E-state index in [1.54, 1.807) is 17.8 Å². The van der Waals surface area contributed by atoms with Crippen molar-refractivity contribution in [2.45, 2.75) is 57.4 Å². The maximum absolute atomic E-state index is 13.8. The van der Waals surface area contributed by atoms with Crippen LogP contribution in [0.1, 0.15) is 56.9 Å². The van der Waals surface area contributed by atoms with Gasteiger partial charge < -0.3 is 10.4 Å². The monoisotopic (exact) mass is 375 g/mol. The third-order valence-corrected chi connectivity index (χ3v) is 6.18. The summed E-state index contributed by atoms with van der Waals surface area (Å²) in [7, 11) is 0. The largest absolute Gasteiger partial charge is 0.481 e. The van der Waals surface area contributed by atoms with Gasteiger partial charge in [-0.15, -0.1) is 11.8 Å². The van der Waals surface area contributed by atoms with Crippen molar-refractivity contribution in [3.63, 3.8) is 0 Å². The number of rotatable bonds is 8. The van der Waals surface area contributed by atoms with Gasteiger partial charge in [0.25, 0.3) is 0 Å². The van der Waals surface area contributed by atoms with Crippen LogP contribution in [0.25, 0.3) is 5.57 Å². The molecule has 1 fully saturated rings. The summed E-state index contributed by atoms with van der Waals surface area (Å²) in [6, 6.07) is 5.54. The van der Waals surface area contributed by atoms with Gasteiger partial charge in [0.15, 0.2) is 0 Å². The van der Waals surface area contributed by atoms with Gasteiger partial charge in [-0.25, -0.2) is 4.39 Å². The molecule has 2 aliphatic carbocycles. The molecule has 0 aromatic heterocycles. The van der Waals surface area contributed by atoms with Crippen molar-refractivity contribution in [1.29, 1.82) is 0 Å². The number of allylic oxidation sites excluding steroid dienone is 4. The van der Waals surface area contributed by atoms with Crippen LogP contribution in [0.4, 0.5) is 10.1 Å². The van der Waals surface area contributed by atoms with Gasteiger partial charge in [-0.1, -0.05) is 25.0 Å². The fraction of sp³-hybridized carbons (Fsp3) is 0.476. The van der Waals surface area contributed by atoms with Gasteiger partial charge in [0.1, 0.15) is 5.82 Å². The Bertz CT molecular complexity index is 708. The van der Waals surface area contributed by atoms with Crippen LogP contribution in [0, 0.1) is 5.82 Å². The lowest BCUT2D eigenvalue weighted by Gasteiger charge is -2.21. The molecule has 0 spiro atoms. The lowest BCUT2D eigenvalue weighted by molar-refractivity contribution is -0.137. The van der Waals surface area contributed by atoms with Crippen molar-refractivity contribution in [2.24, 2.45) is 0 Å². The van der Waals surface area contributed by atoms with Gasteiger partial charge in [-0.2, -0.15) is 0 Å². The zero-order valence-corrected chi connectivity index (χ0v) is 15.8. The number of aliphatic carboxylic acids is 1. The molecule has 0 atom stereocenters. The van der Waals surface area contributed by atoms with E-state index < -0.39 is 5.97 Å². The quantitative estimate of drug-likeness (QED) is 0.561. The van der Waals surface area contributed by atoms with E-state index in [4.69, 9.17) is 5.11 Å². The Morgan fingerprint density at radius 3 is 2.73 bits per heavy atom. The summed E-state index contributed by atoms with van der Waals surface area (Å²) in [5.41, 5.74) is 3.18. The standard InChI is InChI=1S/C21H26FNO2S/c22-16-9-12-20(23-17-4-1-2-5-17)19(14-16)15-7-10-18(11-8-15)26-13-3-6-21(24)25/h7,9-10,12,14,17,23H,1-6,8,11,13H2,(H,24,25). The molecule has 2 N–H and O–H groups in total. The molecule has 0 unspecified atom stereocenters. The highest BCUT2D eigenvalue weighted by Crippen LogP contribution is 2.36. The van der Waals surface area contributed by atoms with Crippen LogP contribution in [-0.4, -0.2) is 22.9 Å². The van der Waals surface area contributed by atoms with Crippen LogP contribution in [0.15, 0.2) is 35.3 Å². The zero-order chi connectivity index (χ0) is 18.4. The van der Waals surface area contributed by atoms with Crippen molar-refractivity contribution in [2.75, 3.05) is 11.1 Å².